The van der Waals surface area contributed by atoms with Gasteiger partial charge in [0, 0.05) is 38.0 Å². The molecule has 9 heteroatoms. The Hall–Kier alpha value is -3.10. The number of carbonyl (C=O) groups excluding carboxylic acids is 1. The van der Waals surface area contributed by atoms with E-state index in [1.165, 1.54) is 0 Å². The molecule has 1 amide bonds. The van der Waals surface area contributed by atoms with Gasteiger partial charge in [-0.3, -0.25) is 4.98 Å². The van der Waals surface area contributed by atoms with Crippen molar-refractivity contribution in [2.24, 2.45) is 17.8 Å². The van der Waals surface area contributed by atoms with Gasteiger partial charge in [-0.05, 0) is 56.7 Å². The van der Waals surface area contributed by atoms with Crippen molar-refractivity contribution < 1.29 is 18.8 Å². The van der Waals surface area contributed by atoms with E-state index < -0.39 is 5.60 Å². The van der Waals surface area contributed by atoms with Gasteiger partial charge in [0.05, 0.1) is 18.5 Å². The molecule has 0 bridgehead atoms. The van der Waals surface area contributed by atoms with Gasteiger partial charge >= 0.3 is 12.1 Å². The van der Waals surface area contributed by atoms with Gasteiger partial charge in [-0.1, -0.05) is 25.1 Å². The minimum atomic E-state index is -0.484. The van der Waals surface area contributed by atoms with Gasteiger partial charge in [-0.25, -0.2) is 4.79 Å². The summed E-state index contributed by atoms with van der Waals surface area (Å²) >= 11 is 0. The molecule has 2 aromatic heterocycles. The second kappa shape index (κ2) is 9.17. The van der Waals surface area contributed by atoms with Crippen molar-refractivity contribution in [1.82, 2.24) is 20.0 Å². The van der Waals surface area contributed by atoms with Crippen LogP contribution in [0, 0.1) is 17.8 Å². The molecule has 2 aromatic rings. The van der Waals surface area contributed by atoms with E-state index in [0.29, 0.717) is 43.5 Å². The van der Waals surface area contributed by atoms with E-state index in [9.17, 15) is 4.79 Å². The molecule has 0 radical (unpaired) electrons. The third-order valence-electron chi connectivity index (χ3n) is 6.96. The highest BCUT2D eigenvalue weighted by atomic mass is 16.6. The molecule has 4 heterocycles. The molecule has 1 saturated heterocycles. The molecule has 5 rings (SSSR count). The first-order chi connectivity index (χ1) is 16.7. The Balaban J connectivity index is 1.07. The standard InChI is InChI=1S/C26H35N5O4/c1-16(2)23-28-24(35-29-23)31-13-19-20(14-31)21(19)15-33-18-6-7-22(27-12-18)17-8-10-30(11-9-17)25(32)34-26(3,4)5/h6-8,12,16,19-21H,9-11,13-15H2,1-5H3/t19-,20?,21+/m1/s1. The number of nitrogens with zero attached hydrogens (tertiary/aromatic N) is 5. The van der Waals surface area contributed by atoms with Crippen LogP contribution in [0.4, 0.5) is 10.8 Å². The Morgan fingerprint density at radius 2 is 2.00 bits per heavy atom. The second-order valence-corrected chi connectivity index (χ2v) is 11.1. The molecule has 3 aliphatic rings. The molecule has 2 aliphatic heterocycles. The minimum absolute atomic E-state index is 0.269. The van der Waals surface area contributed by atoms with Gasteiger partial charge in [-0.2, -0.15) is 4.98 Å². The molecular weight excluding hydrogens is 446 g/mol. The van der Waals surface area contributed by atoms with Crippen molar-refractivity contribution in [2.45, 2.75) is 52.6 Å². The average molecular weight is 482 g/mol. The highest BCUT2D eigenvalue weighted by molar-refractivity contribution is 5.71. The predicted molar refractivity (Wildman–Crippen MR) is 131 cm³/mol. The van der Waals surface area contributed by atoms with E-state index in [0.717, 1.165) is 42.4 Å². The number of rotatable bonds is 6. The third kappa shape index (κ3) is 5.28. The zero-order chi connectivity index (χ0) is 24.7. The molecule has 9 nitrogen and oxygen atoms in total. The minimum Gasteiger partial charge on any atom is -0.492 e. The molecule has 1 saturated carbocycles. The normalized spacial score (nSPS) is 23.8. The molecule has 0 spiro atoms. The molecule has 0 N–H and O–H groups in total. The van der Waals surface area contributed by atoms with Crippen LogP contribution in [-0.2, 0) is 4.74 Å². The van der Waals surface area contributed by atoms with Crippen LogP contribution in [-0.4, -0.2) is 64.5 Å². The van der Waals surface area contributed by atoms with Crippen molar-refractivity contribution in [3.63, 3.8) is 0 Å². The number of piperidine rings is 1. The van der Waals surface area contributed by atoms with Gasteiger partial charge < -0.3 is 23.8 Å². The number of ether oxygens (including phenoxy) is 2. The van der Waals surface area contributed by atoms with Crippen LogP contribution in [0.2, 0.25) is 0 Å². The number of amides is 1. The van der Waals surface area contributed by atoms with Crippen molar-refractivity contribution >= 4 is 17.7 Å². The maximum Gasteiger partial charge on any atom is 0.410 e. The molecule has 0 aromatic carbocycles. The first-order valence-corrected chi connectivity index (χ1v) is 12.5. The van der Waals surface area contributed by atoms with Crippen molar-refractivity contribution in [3.05, 3.63) is 35.9 Å². The van der Waals surface area contributed by atoms with Gasteiger partial charge in [-0.15, -0.1) is 0 Å². The summed E-state index contributed by atoms with van der Waals surface area (Å²) in [6, 6.07) is 4.63. The van der Waals surface area contributed by atoms with Crippen molar-refractivity contribution in [2.75, 3.05) is 37.7 Å². The van der Waals surface area contributed by atoms with Crippen molar-refractivity contribution in [3.8, 4) is 5.75 Å². The average Bonchev–Trinajstić information content (AvgIpc) is 3.18. The SMILES string of the molecule is CC(C)c1noc(N2CC3[C@@H](COc4ccc(C5=CCN(C(=O)OC(C)(C)C)CC5)nc4)[C@@H]3C2)n1. The number of carbonyl (C=O) groups is 1. The van der Waals surface area contributed by atoms with Crippen LogP contribution in [0.3, 0.4) is 0 Å². The molecule has 188 valence electrons. The Morgan fingerprint density at radius 1 is 1.23 bits per heavy atom. The Labute approximate surface area is 206 Å². The molecule has 2 fully saturated rings. The lowest BCUT2D eigenvalue weighted by Gasteiger charge is -2.29. The summed E-state index contributed by atoms with van der Waals surface area (Å²) < 4.78 is 17.0. The van der Waals surface area contributed by atoms with Crippen LogP contribution in [0.5, 0.6) is 5.75 Å². The van der Waals surface area contributed by atoms with E-state index in [2.05, 4.69) is 39.9 Å². The topological polar surface area (TPSA) is 93.8 Å². The summed E-state index contributed by atoms with van der Waals surface area (Å²) in [6.45, 7) is 13.5. The fourth-order valence-corrected chi connectivity index (χ4v) is 4.88. The smallest absolute Gasteiger partial charge is 0.410 e. The van der Waals surface area contributed by atoms with Crippen molar-refractivity contribution in [1.29, 1.82) is 0 Å². The van der Waals surface area contributed by atoms with E-state index in [-0.39, 0.29) is 12.0 Å². The fraction of sp³-hybridized carbons (Fsp3) is 0.615. The van der Waals surface area contributed by atoms with Gasteiger partial charge in [0.25, 0.3) is 0 Å². The lowest BCUT2D eigenvalue weighted by molar-refractivity contribution is 0.0270. The zero-order valence-electron chi connectivity index (χ0n) is 21.2. The summed E-state index contributed by atoms with van der Waals surface area (Å²) in [5, 5.41) is 4.07. The third-order valence-corrected chi connectivity index (χ3v) is 6.96. The molecular formula is C26H35N5O4. The molecule has 3 atom stereocenters. The number of hydrogen-bond donors (Lipinski definition) is 0. The number of hydrogen-bond acceptors (Lipinski definition) is 8. The Kier molecular flexibility index (Phi) is 6.19. The number of pyridine rings is 1. The highest BCUT2D eigenvalue weighted by Crippen LogP contribution is 2.52. The lowest BCUT2D eigenvalue weighted by Crippen LogP contribution is -2.39. The maximum absolute atomic E-state index is 12.3. The molecule has 1 unspecified atom stereocenters. The number of anilines is 1. The number of aromatic nitrogens is 3. The van der Waals surface area contributed by atoms with Crippen LogP contribution in [0.1, 0.15) is 58.5 Å². The summed E-state index contributed by atoms with van der Waals surface area (Å²) in [7, 11) is 0. The summed E-state index contributed by atoms with van der Waals surface area (Å²) in [5.74, 6) is 3.64. The van der Waals surface area contributed by atoms with Crippen LogP contribution >= 0.6 is 0 Å². The molecule has 1 aliphatic carbocycles. The summed E-state index contributed by atoms with van der Waals surface area (Å²) in [5.41, 5.74) is 1.60. The highest BCUT2D eigenvalue weighted by Gasteiger charge is 2.56. The zero-order valence-corrected chi connectivity index (χ0v) is 21.2. The Morgan fingerprint density at radius 3 is 2.57 bits per heavy atom. The quantitative estimate of drug-likeness (QED) is 0.600. The second-order valence-electron chi connectivity index (χ2n) is 11.1. The number of fused-ring (bicyclic) bond motifs is 1. The largest absolute Gasteiger partial charge is 0.492 e. The first-order valence-electron chi connectivity index (χ1n) is 12.5. The maximum atomic E-state index is 12.3. The lowest BCUT2D eigenvalue weighted by atomic mass is 10.0. The van der Waals surface area contributed by atoms with Crippen LogP contribution in [0.15, 0.2) is 28.9 Å². The fourth-order valence-electron chi connectivity index (χ4n) is 4.88. The van der Waals surface area contributed by atoms with Gasteiger partial charge in [0.2, 0.25) is 0 Å². The van der Waals surface area contributed by atoms with Gasteiger partial charge in [0.1, 0.15) is 11.4 Å². The predicted octanol–water partition coefficient (Wildman–Crippen LogP) is 4.37. The van der Waals surface area contributed by atoms with E-state index >= 15 is 0 Å². The summed E-state index contributed by atoms with van der Waals surface area (Å²) in [4.78, 5) is 25.3. The van der Waals surface area contributed by atoms with E-state index in [1.807, 2.05) is 32.9 Å². The van der Waals surface area contributed by atoms with Crippen LogP contribution < -0.4 is 9.64 Å². The van der Waals surface area contributed by atoms with E-state index in [4.69, 9.17) is 14.0 Å². The van der Waals surface area contributed by atoms with E-state index in [1.54, 1.807) is 11.1 Å². The van der Waals surface area contributed by atoms with Crippen LogP contribution in [0.25, 0.3) is 5.57 Å². The first kappa shape index (κ1) is 23.6. The van der Waals surface area contributed by atoms with Gasteiger partial charge in [0.15, 0.2) is 5.82 Å². The summed E-state index contributed by atoms with van der Waals surface area (Å²) in [6.07, 6.45) is 4.34. The monoisotopic (exact) mass is 481 g/mol. The molecule has 35 heavy (non-hydrogen) atoms. The Bertz CT molecular complexity index is 1080.